The third-order valence-electron chi connectivity index (χ3n) is 4.61. The highest BCUT2D eigenvalue weighted by atomic mass is 16.5. The van der Waals surface area contributed by atoms with Crippen LogP contribution in [0.15, 0.2) is 54.6 Å². The molecule has 5 nitrogen and oxygen atoms in total. The number of hydrogen-bond acceptors (Lipinski definition) is 3. The Labute approximate surface area is 154 Å². The fourth-order valence-corrected chi connectivity index (χ4v) is 3.22. The molecule has 26 heavy (non-hydrogen) atoms. The highest BCUT2D eigenvalue weighted by Gasteiger charge is 2.27. The largest absolute Gasteiger partial charge is 0.494 e. The predicted molar refractivity (Wildman–Crippen MR) is 102 cm³/mol. The summed E-state index contributed by atoms with van der Waals surface area (Å²) >= 11 is 0. The van der Waals surface area contributed by atoms with E-state index in [1.165, 1.54) is 0 Å². The van der Waals surface area contributed by atoms with Crippen molar-refractivity contribution in [3.8, 4) is 5.75 Å². The predicted octanol–water partition coefficient (Wildman–Crippen LogP) is 4.21. The SMILES string of the molecule is CCOc1cccc(NC(=O)N2CCC(C(=O)c3ccccc3)CC2)c1. The summed E-state index contributed by atoms with van der Waals surface area (Å²) in [6, 6.07) is 16.6. The number of urea groups is 1. The van der Waals surface area contributed by atoms with Crippen LogP contribution in [0.2, 0.25) is 0 Å². The second kappa shape index (κ2) is 8.52. The first-order chi connectivity index (χ1) is 12.7. The van der Waals surface area contributed by atoms with Crippen LogP contribution >= 0.6 is 0 Å². The van der Waals surface area contributed by atoms with Crippen LogP contribution in [0.3, 0.4) is 0 Å². The summed E-state index contributed by atoms with van der Waals surface area (Å²) in [5, 5.41) is 2.91. The van der Waals surface area contributed by atoms with E-state index in [-0.39, 0.29) is 17.7 Å². The van der Waals surface area contributed by atoms with E-state index < -0.39 is 0 Å². The molecule has 2 aromatic carbocycles. The molecule has 2 aromatic rings. The molecular formula is C21H24N2O3. The first kappa shape index (κ1) is 18.0. The van der Waals surface area contributed by atoms with E-state index in [2.05, 4.69) is 5.32 Å². The Morgan fingerprint density at radius 3 is 2.50 bits per heavy atom. The van der Waals surface area contributed by atoms with Gasteiger partial charge in [0.05, 0.1) is 6.61 Å². The average molecular weight is 352 g/mol. The number of nitrogens with zero attached hydrogens (tertiary/aromatic N) is 1. The summed E-state index contributed by atoms with van der Waals surface area (Å²) in [6.07, 6.45) is 1.39. The van der Waals surface area contributed by atoms with Crippen molar-refractivity contribution < 1.29 is 14.3 Å². The van der Waals surface area contributed by atoms with Gasteiger partial charge in [0, 0.05) is 36.3 Å². The van der Waals surface area contributed by atoms with Crippen LogP contribution in [0, 0.1) is 5.92 Å². The number of ketones is 1. The van der Waals surface area contributed by atoms with Crippen LogP contribution in [0.25, 0.3) is 0 Å². The minimum absolute atomic E-state index is 0.0114. The van der Waals surface area contributed by atoms with Crippen LogP contribution in [0.4, 0.5) is 10.5 Å². The highest BCUT2D eigenvalue weighted by molar-refractivity contribution is 5.98. The van der Waals surface area contributed by atoms with Gasteiger partial charge in [-0.25, -0.2) is 4.79 Å². The van der Waals surface area contributed by atoms with Crippen LogP contribution in [-0.2, 0) is 0 Å². The second-order valence-corrected chi connectivity index (χ2v) is 6.38. The molecule has 1 fully saturated rings. The van der Waals surface area contributed by atoms with Crippen molar-refractivity contribution in [3.05, 3.63) is 60.2 Å². The zero-order valence-electron chi connectivity index (χ0n) is 15.0. The first-order valence-electron chi connectivity index (χ1n) is 9.05. The molecule has 1 aliphatic rings. The number of carbonyl (C=O) groups excluding carboxylic acids is 2. The van der Waals surface area contributed by atoms with Crippen molar-refractivity contribution in [1.82, 2.24) is 4.90 Å². The third-order valence-corrected chi connectivity index (χ3v) is 4.61. The number of ether oxygens (including phenoxy) is 1. The van der Waals surface area contributed by atoms with E-state index in [0.29, 0.717) is 38.2 Å². The topological polar surface area (TPSA) is 58.6 Å². The Morgan fingerprint density at radius 1 is 1.08 bits per heavy atom. The van der Waals surface area contributed by atoms with E-state index in [0.717, 1.165) is 11.3 Å². The molecule has 0 aromatic heterocycles. The monoisotopic (exact) mass is 352 g/mol. The maximum atomic E-state index is 12.5. The van der Waals surface area contributed by atoms with Crippen molar-refractivity contribution in [1.29, 1.82) is 0 Å². The van der Waals surface area contributed by atoms with Gasteiger partial charge in [-0.05, 0) is 31.9 Å². The fraction of sp³-hybridized carbons (Fsp3) is 0.333. The Balaban J connectivity index is 1.54. The quantitative estimate of drug-likeness (QED) is 0.820. The number of hydrogen-bond donors (Lipinski definition) is 1. The average Bonchev–Trinajstić information content (AvgIpc) is 2.69. The molecule has 5 heteroatoms. The van der Waals surface area contributed by atoms with Gasteiger partial charge in [0.2, 0.25) is 0 Å². The molecule has 3 rings (SSSR count). The molecule has 2 amide bonds. The summed E-state index contributed by atoms with van der Waals surface area (Å²) in [5.41, 5.74) is 1.46. The van der Waals surface area contributed by atoms with Crippen molar-refractivity contribution in [3.63, 3.8) is 0 Å². The van der Waals surface area contributed by atoms with Gasteiger partial charge in [-0.3, -0.25) is 4.79 Å². The molecule has 0 unspecified atom stereocenters. The zero-order valence-corrected chi connectivity index (χ0v) is 15.0. The first-order valence-corrected chi connectivity index (χ1v) is 9.05. The second-order valence-electron chi connectivity index (χ2n) is 6.38. The van der Waals surface area contributed by atoms with E-state index >= 15 is 0 Å². The maximum absolute atomic E-state index is 12.5. The van der Waals surface area contributed by atoms with Gasteiger partial charge in [0.1, 0.15) is 5.75 Å². The number of Topliss-reactive ketones (excluding diaryl/α,β-unsaturated/α-hetero) is 1. The summed E-state index contributed by atoms with van der Waals surface area (Å²) in [5.74, 6) is 0.898. The summed E-state index contributed by atoms with van der Waals surface area (Å²) in [6.45, 7) is 3.67. The third kappa shape index (κ3) is 4.42. The lowest BCUT2D eigenvalue weighted by molar-refractivity contribution is 0.0859. The Hall–Kier alpha value is -2.82. The van der Waals surface area contributed by atoms with E-state index in [9.17, 15) is 9.59 Å². The Kier molecular flexibility index (Phi) is 5.89. The van der Waals surface area contributed by atoms with Crippen LogP contribution < -0.4 is 10.1 Å². The lowest BCUT2D eigenvalue weighted by atomic mass is 9.89. The zero-order chi connectivity index (χ0) is 18.4. The van der Waals surface area contributed by atoms with Crippen molar-refractivity contribution >= 4 is 17.5 Å². The lowest BCUT2D eigenvalue weighted by Gasteiger charge is -2.31. The Morgan fingerprint density at radius 2 is 1.81 bits per heavy atom. The van der Waals surface area contributed by atoms with Crippen molar-refractivity contribution in [2.75, 3.05) is 25.0 Å². The Bertz CT molecular complexity index is 753. The number of anilines is 1. The van der Waals surface area contributed by atoms with Gasteiger partial charge in [0.15, 0.2) is 5.78 Å². The minimum atomic E-state index is -0.135. The smallest absolute Gasteiger partial charge is 0.321 e. The molecule has 0 radical (unpaired) electrons. The molecule has 0 spiro atoms. The molecule has 0 aliphatic carbocycles. The fourth-order valence-electron chi connectivity index (χ4n) is 3.22. The van der Waals surface area contributed by atoms with E-state index in [1.807, 2.05) is 61.5 Å². The van der Waals surface area contributed by atoms with Gasteiger partial charge in [-0.15, -0.1) is 0 Å². The van der Waals surface area contributed by atoms with Gasteiger partial charge < -0.3 is 15.0 Å². The van der Waals surface area contributed by atoms with E-state index in [4.69, 9.17) is 4.74 Å². The van der Waals surface area contributed by atoms with Crippen LogP contribution in [0.5, 0.6) is 5.75 Å². The molecule has 0 bridgehead atoms. The number of benzene rings is 2. The number of rotatable bonds is 5. The van der Waals surface area contributed by atoms with Crippen molar-refractivity contribution in [2.24, 2.45) is 5.92 Å². The molecule has 1 N–H and O–H groups in total. The summed E-state index contributed by atoms with van der Waals surface area (Å²) in [7, 11) is 0. The maximum Gasteiger partial charge on any atom is 0.321 e. The van der Waals surface area contributed by atoms with Gasteiger partial charge in [-0.2, -0.15) is 0 Å². The van der Waals surface area contributed by atoms with Gasteiger partial charge >= 0.3 is 6.03 Å². The number of carbonyl (C=O) groups is 2. The standard InChI is InChI=1S/C21H24N2O3/c1-2-26-19-10-6-9-18(15-19)22-21(25)23-13-11-17(12-14-23)20(24)16-7-4-3-5-8-16/h3-10,15,17H,2,11-14H2,1H3,(H,22,25). The molecular weight excluding hydrogens is 328 g/mol. The summed E-state index contributed by atoms with van der Waals surface area (Å²) < 4.78 is 5.45. The van der Waals surface area contributed by atoms with Crippen LogP contribution in [-0.4, -0.2) is 36.4 Å². The number of amides is 2. The van der Waals surface area contributed by atoms with E-state index in [1.54, 1.807) is 4.90 Å². The molecule has 1 heterocycles. The number of likely N-dealkylation sites (tertiary alicyclic amines) is 1. The lowest BCUT2D eigenvalue weighted by Crippen LogP contribution is -2.42. The molecule has 0 atom stereocenters. The molecule has 1 aliphatic heterocycles. The van der Waals surface area contributed by atoms with Gasteiger partial charge in [-0.1, -0.05) is 36.4 Å². The minimum Gasteiger partial charge on any atom is -0.494 e. The van der Waals surface area contributed by atoms with Gasteiger partial charge in [0.25, 0.3) is 0 Å². The van der Waals surface area contributed by atoms with Crippen LogP contribution in [0.1, 0.15) is 30.1 Å². The summed E-state index contributed by atoms with van der Waals surface area (Å²) in [4.78, 5) is 26.8. The molecule has 136 valence electrons. The molecule has 0 saturated carbocycles. The molecule has 1 saturated heterocycles. The number of piperidine rings is 1. The highest BCUT2D eigenvalue weighted by Crippen LogP contribution is 2.23. The number of nitrogens with one attached hydrogen (secondary N) is 1. The van der Waals surface area contributed by atoms with Crippen molar-refractivity contribution in [2.45, 2.75) is 19.8 Å². The normalized spacial score (nSPS) is 14.7.